The van der Waals surface area contributed by atoms with Gasteiger partial charge in [-0.1, -0.05) is 351 Å². The molecule has 0 saturated carbocycles. The van der Waals surface area contributed by atoms with Crippen molar-refractivity contribution in [3.05, 3.63) is 182 Å². The van der Waals surface area contributed by atoms with Crippen LogP contribution < -0.4 is 0 Å². The number of esters is 3. The summed E-state index contributed by atoms with van der Waals surface area (Å²) >= 11 is 0. The minimum atomic E-state index is -4.95. The van der Waals surface area contributed by atoms with E-state index in [0.717, 1.165) is 186 Å². The maximum Gasteiger partial charge on any atom is 0.472 e. The van der Waals surface area contributed by atoms with Crippen molar-refractivity contribution in [2.75, 3.05) is 39.6 Å². The highest BCUT2D eigenvalue weighted by molar-refractivity contribution is 7.47. The molecule has 16 nitrogen and oxygen atoms in total. The maximum atomic E-state index is 13.1. The van der Waals surface area contributed by atoms with Crippen LogP contribution in [0.2, 0.25) is 0 Å². The molecule has 0 fully saturated rings. The Labute approximate surface area is 687 Å². The third-order valence-corrected chi connectivity index (χ3v) is 20.0. The van der Waals surface area contributed by atoms with Gasteiger partial charge < -0.3 is 34.2 Å². The molecule has 0 aliphatic rings. The van der Waals surface area contributed by atoms with E-state index in [1.807, 2.05) is 0 Å². The molecule has 0 amide bonds. The average Bonchev–Trinajstić information content (AvgIpc) is 0.897. The van der Waals surface area contributed by atoms with Crippen molar-refractivity contribution in [3.8, 4) is 0 Å². The van der Waals surface area contributed by atoms with Crippen LogP contribution in [-0.4, -0.2) is 95.9 Å². The maximum absolute atomic E-state index is 13.1. The molecule has 0 spiro atoms. The molecule has 0 heterocycles. The lowest BCUT2D eigenvalue weighted by Gasteiger charge is -2.21. The van der Waals surface area contributed by atoms with Gasteiger partial charge in [0, 0.05) is 19.3 Å². The summed E-state index contributed by atoms with van der Waals surface area (Å²) in [5.41, 5.74) is 0. The van der Waals surface area contributed by atoms with Gasteiger partial charge in [0.15, 0.2) is 6.10 Å². The molecule has 0 saturated heterocycles. The molecular weight excluding hydrogens is 1460 g/mol. The first-order chi connectivity index (χ1) is 55.2. The van der Waals surface area contributed by atoms with Crippen molar-refractivity contribution in [2.24, 2.45) is 0 Å². The number of phosphoric ester groups is 2. The van der Waals surface area contributed by atoms with Crippen molar-refractivity contribution in [1.82, 2.24) is 0 Å². The molecule has 113 heavy (non-hydrogen) atoms. The summed E-state index contributed by atoms with van der Waals surface area (Å²) in [4.78, 5) is 59.0. The van der Waals surface area contributed by atoms with Gasteiger partial charge >= 0.3 is 33.6 Å². The molecule has 4 N–H and O–H groups in total. The molecule has 0 aliphatic heterocycles. The minimum absolute atomic E-state index is 0.0894. The van der Waals surface area contributed by atoms with Crippen LogP contribution >= 0.6 is 15.6 Å². The molecule has 5 unspecified atom stereocenters. The molecule has 0 aromatic rings. The lowest BCUT2D eigenvalue weighted by Crippen LogP contribution is -2.30. The Hall–Kier alpha value is -5.35. The first-order valence-electron chi connectivity index (χ1n) is 44.1. The fourth-order valence-corrected chi connectivity index (χ4v) is 13.1. The predicted molar refractivity (Wildman–Crippen MR) is 472 cm³/mol. The van der Waals surface area contributed by atoms with E-state index in [0.29, 0.717) is 19.3 Å². The zero-order valence-corrected chi connectivity index (χ0v) is 72.5. The van der Waals surface area contributed by atoms with Crippen molar-refractivity contribution in [3.63, 3.8) is 0 Å². The Morgan fingerprint density at radius 1 is 0.248 bits per heavy atom. The highest BCUT2D eigenvalue weighted by Crippen LogP contribution is 2.45. The van der Waals surface area contributed by atoms with Gasteiger partial charge in [-0.2, -0.15) is 0 Å². The Kier molecular flexibility index (Phi) is 81.9. The van der Waals surface area contributed by atoms with Gasteiger partial charge in [-0.3, -0.25) is 32.5 Å². The normalized spacial score (nSPS) is 14.7. The zero-order valence-electron chi connectivity index (χ0n) is 70.7. The number of unbranched alkanes of at least 4 members (excludes halogenated alkanes) is 29. The molecule has 0 aromatic heterocycles. The van der Waals surface area contributed by atoms with Crippen molar-refractivity contribution in [1.29, 1.82) is 0 Å². The number of hydrogen-bond acceptors (Lipinski definition) is 14. The summed E-state index contributed by atoms with van der Waals surface area (Å²) in [7, 11) is -9.82. The van der Waals surface area contributed by atoms with Crippen molar-refractivity contribution >= 4 is 33.6 Å². The van der Waals surface area contributed by atoms with Gasteiger partial charge in [-0.25, -0.2) is 9.13 Å². The molecule has 0 rings (SSSR count). The molecule has 644 valence electrons. The highest BCUT2D eigenvalue weighted by atomic mass is 31.2. The first kappa shape index (κ1) is 108. The Morgan fingerprint density at radius 3 is 0.699 bits per heavy atom. The summed E-state index contributed by atoms with van der Waals surface area (Å²) < 4.78 is 61.4. The average molecular weight is 1620 g/mol. The standard InChI is InChI=1S/C95H158O16P2/c1-4-7-10-13-16-19-22-25-28-31-34-37-40-43-44-47-49-51-54-57-60-63-66-69-72-75-78-81-93(98)105-84-90(96)85-107-112(101,102)108-86-91(97)87-109-113(103,104)110-89-92(111-95(100)83-80-77-74-71-68-65-62-59-56-53-50-46-42-39-36-33-30-27-24-21-18-15-12-9-6-3)88-106-94(99)82-79-76-73-70-67-64-61-58-55-52-48-45-41-38-35-32-29-26-23-20-17-14-11-8-5-2/h7-12,16-21,25-30,34-39,43-46,48,50,90-92,96-97H,4-6,13-15,22-24,31-33,40-42,47,49,51-89H2,1-3H3,(H,101,102)(H,103,104)/b10-7-,11-8-,12-9-,19-16-,20-17-,21-18-,28-25-,29-26-,30-27-,37-34-,38-35-,39-36-,44-43-,48-45-,50-46-. The Bertz CT molecular complexity index is 2780. The third kappa shape index (κ3) is 87.3. The fourth-order valence-electron chi connectivity index (χ4n) is 11.5. The van der Waals surface area contributed by atoms with Crippen molar-refractivity contribution in [2.45, 2.75) is 360 Å². The number of carbonyl (C=O) groups is 3. The van der Waals surface area contributed by atoms with Crippen LogP contribution in [0.15, 0.2) is 182 Å². The lowest BCUT2D eigenvalue weighted by molar-refractivity contribution is -0.161. The van der Waals surface area contributed by atoms with Crippen molar-refractivity contribution < 1.29 is 75.8 Å². The fraction of sp³-hybridized carbons (Fsp3) is 0.653. The summed E-state index contributed by atoms with van der Waals surface area (Å²) in [5.74, 6) is -1.59. The number of phosphoric acid groups is 2. The molecular formula is C95H158O16P2. The monoisotopic (exact) mass is 1620 g/mol. The van der Waals surface area contributed by atoms with Gasteiger partial charge in [0.2, 0.25) is 0 Å². The second-order valence-electron chi connectivity index (χ2n) is 28.9. The lowest BCUT2D eigenvalue weighted by atomic mass is 10.0. The van der Waals surface area contributed by atoms with Gasteiger partial charge in [0.1, 0.15) is 25.4 Å². The van der Waals surface area contributed by atoms with E-state index < -0.39 is 91.5 Å². The topological polar surface area (TPSA) is 231 Å². The van der Waals surface area contributed by atoms with Crippen LogP contribution in [0.5, 0.6) is 0 Å². The van der Waals surface area contributed by atoms with Crippen LogP contribution in [0, 0.1) is 0 Å². The predicted octanol–water partition coefficient (Wildman–Crippen LogP) is 26.9. The Morgan fingerprint density at radius 2 is 0.442 bits per heavy atom. The van der Waals surface area contributed by atoms with Gasteiger partial charge in [-0.15, -0.1) is 0 Å². The van der Waals surface area contributed by atoms with E-state index >= 15 is 0 Å². The second kappa shape index (κ2) is 86.0. The SMILES string of the molecule is CC/C=C\C/C=C\C/C=C\C/C=C\C/C=C\CCCCCCCCCCCCCC(=O)OCC(O)COP(=O)(O)OCC(O)COP(=O)(O)OCC(COC(=O)CCCCCCCCCCC/C=C\C/C=C\C/C=C\C/C=C\C/C=C\CC)OC(=O)CCCCCCCCCCC/C=C\C/C=C\C/C=C\C/C=C\C/C=C\CC. The summed E-state index contributed by atoms with van der Waals surface area (Å²) in [6.45, 7) is 2.35. The summed E-state index contributed by atoms with van der Waals surface area (Å²) in [6, 6.07) is 0. The largest absolute Gasteiger partial charge is 0.472 e. The number of aliphatic hydroxyl groups is 2. The van der Waals surface area contributed by atoms with Gasteiger partial charge in [0.25, 0.3) is 0 Å². The quantitative estimate of drug-likeness (QED) is 0.0146. The van der Waals surface area contributed by atoms with Crippen LogP contribution in [-0.2, 0) is 55.8 Å². The van der Waals surface area contributed by atoms with E-state index in [1.54, 1.807) is 0 Å². The van der Waals surface area contributed by atoms with Crippen LogP contribution in [0.4, 0.5) is 0 Å². The third-order valence-electron chi connectivity index (χ3n) is 18.1. The highest BCUT2D eigenvalue weighted by Gasteiger charge is 2.29. The van der Waals surface area contributed by atoms with Gasteiger partial charge in [-0.05, 0) is 154 Å². The number of hydrogen-bond donors (Lipinski definition) is 4. The number of rotatable bonds is 82. The molecule has 18 heteroatoms. The first-order valence-corrected chi connectivity index (χ1v) is 47.1. The molecule has 0 aliphatic carbocycles. The molecule has 0 aromatic carbocycles. The second-order valence-corrected chi connectivity index (χ2v) is 31.8. The zero-order chi connectivity index (χ0) is 82.2. The molecule has 0 radical (unpaired) electrons. The Balaban J connectivity index is 4.69. The van der Waals surface area contributed by atoms with Gasteiger partial charge in [0.05, 0.1) is 26.4 Å². The van der Waals surface area contributed by atoms with E-state index in [1.165, 1.54) is 96.3 Å². The minimum Gasteiger partial charge on any atom is -0.463 e. The smallest absolute Gasteiger partial charge is 0.463 e. The molecule has 0 bridgehead atoms. The van der Waals surface area contributed by atoms with E-state index in [4.69, 9.17) is 32.3 Å². The van der Waals surface area contributed by atoms with E-state index in [9.17, 15) is 43.5 Å². The van der Waals surface area contributed by atoms with Crippen LogP contribution in [0.25, 0.3) is 0 Å². The number of ether oxygens (including phenoxy) is 3. The number of carbonyl (C=O) groups excluding carboxylic acids is 3. The number of allylic oxidation sites excluding steroid dienone is 30. The van der Waals surface area contributed by atoms with E-state index in [-0.39, 0.29) is 19.3 Å². The summed E-state index contributed by atoms with van der Waals surface area (Å²) in [6.07, 6.45) is 112. The molecule has 5 atom stereocenters. The van der Waals surface area contributed by atoms with Crippen LogP contribution in [0.1, 0.15) is 342 Å². The summed E-state index contributed by atoms with van der Waals surface area (Å²) in [5, 5.41) is 20.7. The van der Waals surface area contributed by atoms with Crippen LogP contribution in [0.3, 0.4) is 0 Å². The number of aliphatic hydroxyl groups excluding tert-OH is 2. The van der Waals surface area contributed by atoms with E-state index in [2.05, 4.69) is 203 Å².